The molecule has 39 heavy (non-hydrogen) atoms. The minimum atomic E-state index is -4.64. The molecule has 3 aromatic carbocycles. The fourth-order valence-electron chi connectivity index (χ4n) is 3.47. The van der Waals surface area contributed by atoms with E-state index in [1.165, 1.54) is 13.2 Å². The van der Waals surface area contributed by atoms with Crippen LogP contribution in [0.5, 0.6) is 11.5 Å². The van der Waals surface area contributed by atoms with E-state index < -0.39 is 20.8 Å². The van der Waals surface area contributed by atoms with Crippen LogP contribution in [0.25, 0.3) is 10.8 Å². The molecule has 202 valence electrons. The lowest BCUT2D eigenvalue weighted by Crippen LogP contribution is -2.03. The summed E-state index contributed by atoms with van der Waals surface area (Å²) in [5, 5.41) is 40.2. The van der Waals surface area contributed by atoms with E-state index in [1.807, 2.05) is 0 Å². The van der Waals surface area contributed by atoms with E-state index in [2.05, 4.69) is 34.8 Å². The van der Waals surface area contributed by atoms with Crippen LogP contribution in [0.3, 0.4) is 0 Å². The van der Waals surface area contributed by atoms with Crippen LogP contribution >= 0.6 is 12.0 Å². The van der Waals surface area contributed by atoms with Crippen LogP contribution in [0.4, 0.5) is 28.4 Å². The number of fused-ring (bicyclic) bond motifs is 1. The molecule has 1 heterocycles. The molecule has 4 aromatic rings. The van der Waals surface area contributed by atoms with Crippen molar-refractivity contribution < 1.29 is 37.4 Å². The highest BCUT2D eigenvalue weighted by Gasteiger charge is 2.20. The first-order valence-corrected chi connectivity index (χ1v) is 12.9. The summed E-state index contributed by atoms with van der Waals surface area (Å²) >= 11 is 0.456. The summed E-state index contributed by atoms with van der Waals surface area (Å²) in [6, 6.07) is 10.3. The zero-order valence-electron chi connectivity index (χ0n) is 20.2. The Balaban J connectivity index is 1.78. The number of hydrogen-bond acceptors (Lipinski definition) is 14. The van der Waals surface area contributed by atoms with E-state index in [4.69, 9.17) is 15.7 Å². The van der Waals surface area contributed by atoms with Gasteiger partial charge in [-0.1, -0.05) is 5.04 Å². The summed E-state index contributed by atoms with van der Waals surface area (Å²) in [6.45, 7) is 1.78. The minimum absolute atomic E-state index is 0.0708. The Bertz CT molecular complexity index is 1700. The number of ether oxygens (including phenoxy) is 1. The second-order valence-electron chi connectivity index (χ2n) is 7.81. The second kappa shape index (κ2) is 11.7. The van der Waals surface area contributed by atoms with Gasteiger partial charge in [-0.15, -0.1) is 19.7 Å². The largest absolute Gasteiger partial charge is 0.505 e. The van der Waals surface area contributed by atoms with Crippen molar-refractivity contribution in [1.82, 2.24) is 4.98 Å². The zero-order valence-corrected chi connectivity index (χ0v) is 21.8. The maximum atomic E-state index is 11.7. The number of rotatable bonds is 9. The molecule has 5 N–H and O–H groups in total. The van der Waals surface area contributed by atoms with E-state index in [1.54, 1.807) is 43.6 Å². The summed E-state index contributed by atoms with van der Waals surface area (Å²) in [6.07, 6.45) is 3.19. The number of anilines is 1. The van der Waals surface area contributed by atoms with Gasteiger partial charge in [-0.05, 0) is 54.3 Å². The van der Waals surface area contributed by atoms with Crippen LogP contribution in [0.2, 0.25) is 0 Å². The molecule has 0 saturated carbocycles. The zero-order chi connectivity index (χ0) is 28.2. The number of nitrogen functional groups attached to an aromatic ring is 1. The van der Waals surface area contributed by atoms with Gasteiger partial charge in [0.15, 0.2) is 5.75 Å². The smallest absolute Gasteiger partial charge is 0.296 e. The first kappa shape index (κ1) is 27.8. The number of methoxy groups -OCH3 is 1. The van der Waals surface area contributed by atoms with E-state index in [-0.39, 0.29) is 32.7 Å². The molecule has 4 rings (SSSR count). The summed E-state index contributed by atoms with van der Waals surface area (Å²) in [4.78, 5) is 3.50. The van der Waals surface area contributed by atoms with Crippen molar-refractivity contribution in [3.05, 3.63) is 60.4 Å². The third kappa shape index (κ3) is 6.28. The predicted molar refractivity (Wildman–Crippen MR) is 141 cm³/mol. The quantitative estimate of drug-likeness (QED) is 0.0433. The third-order valence-electron chi connectivity index (χ3n) is 5.29. The van der Waals surface area contributed by atoms with Gasteiger partial charge in [0, 0.05) is 17.6 Å². The van der Waals surface area contributed by atoms with Crippen LogP contribution in [0, 0.1) is 6.92 Å². The normalized spacial score (nSPS) is 12.1. The molecule has 0 spiro atoms. The average molecular weight is 573 g/mol. The Kier molecular flexibility index (Phi) is 8.34. The Labute approximate surface area is 225 Å². The molecule has 1 aromatic heterocycles. The third-order valence-corrected chi connectivity index (χ3v) is 6.82. The monoisotopic (exact) mass is 572 g/mol. The number of nitrogens with zero attached hydrogens (tertiary/aromatic N) is 5. The number of phenols is 1. The van der Waals surface area contributed by atoms with Crippen molar-refractivity contribution in [3.8, 4) is 11.5 Å². The van der Waals surface area contributed by atoms with Gasteiger partial charge >= 0.3 is 0 Å². The maximum absolute atomic E-state index is 11.7. The van der Waals surface area contributed by atoms with E-state index in [0.717, 1.165) is 12.1 Å². The van der Waals surface area contributed by atoms with Crippen LogP contribution in [0.15, 0.2) is 85.1 Å². The van der Waals surface area contributed by atoms with Crippen molar-refractivity contribution in [1.29, 1.82) is 0 Å². The number of nitrogens with two attached hydrogens (primary N) is 1. The molecule has 0 aliphatic heterocycles. The number of hydrogen-bond donors (Lipinski definition) is 4. The lowest BCUT2D eigenvalue weighted by Gasteiger charge is -2.12. The number of aryl methyl sites for hydroxylation is 1. The highest BCUT2D eigenvalue weighted by Crippen LogP contribution is 2.46. The molecular weight excluding hydrogens is 552 g/mol. The van der Waals surface area contributed by atoms with Crippen molar-refractivity contribution in [2.24, 2.45) is 20.5 Å². The molecular formula is C23H20N6O8S2. The number of azo groups is 2. The van der Waals surface area contributed by atoms with E-state index >= 15 is 0 Å². The van der Waals surface area contributed by atoms with Crippen molar-refractivity contribution in [2.75, 3.05) is 12.8 Å². The molecule has 0 aliphatic rings. The molecule has 0 bridgehead atoms. The Hall–Kier alpha value is -4.19. The fraction of sp³-hybridized carbons (Fsp3) is 0.0870. The predicted octanol–water partition coefficient (Wildman–Crippen LogP) is 6.35. The number of phenolic OH excluding ortho intramolecular Hbond substituents is 1. The van der Waals surface area contributed by atoms with Gasteiger partial charge in [0.25, 0.3) is 10.1 Å². The van der Waals surface area contributed by atoms with Crippen LogP contribution < -0.4 is 10.5 Å². The average Bonchev–Trinajstić information content (AvgIpc) is 2.91. The lowest BCUT2D eigenvalue weighted by atomic mass is 10.1. The Morgan fingerprint density at radius 3 is 2.49 bits per heavy atom. The molecule has 0 atom stereocenters. The highest BCUT2D eigenvalue weighted by atomic mass is 32.2. The van der Waals surface area contributed by atoms with Gasteiger partial charge in [-0.3, -0.25) is 9.54 Å². The minimum Gasteiger partial charge on any atom is -0.505 e. The summed E-state index contributed by atoms with van der Waals surface area (Å²) < 4.78 is 42.7. The number of aromatic hydroxyl groups is 1. The Morgan fingerprint density at radius 2 is 1.82 bits per heavy atom. The summed E-state index contributed by atoms with van der Waals surface area (Å²) in [7, 11) is -3.21. The lowest BCUT2D eigenvalue weighted by molar-refractivity contribution is -0.432. The van der Waals surface area contributed by atoms with Gasteiger partial charge in [0.2, 0.25) is 0 Å². The SMILES string of the molecule is COc1cc(N=Nc2cccnc2)c(C)cc1N=Nc1c(SOOO)cc2cc(S(=O)(=O)O)c(N)cc2c1O. The van der Waals surface area contributed by atoms with E-state index in [9.17, 15) is 18.1 Å². The number of benzene rings is 3. The van der Waals surface area contributed by atoms with Gasteiger partial charge in [0.05, 0.1) is 41.6 Å². The summed E-state index contributed by atoms with van der Waals surface area (Å²) in [5.41, 5.74) is 7.41. The molecule has 0 unspecified atom stereocenters. The first-order valence-electron chi connectivity index (χ1n) is 10.8. The second-order valence-corrected chi connectivity index (χ2v) is 9.94. The van der Waals surface area contributed by atoms with Crippen LogP contribution in [0.1, 0.15) is 5.56 Å². The fourth-order valence-corrected chi connectivity index (χ4v) is 4.59. The summed E-state index contributed by atoms with van der Waals surface area (Å²) in [5.74, 6) is -0.137. The van der Waals surface area contributed by atoms with Crippen LogP contribution in [-0.2, 0) is 19.5 Å². The van der Waals surface area contributed by atoms with Crippen molar-refractivity contribution in [2.45, 2.75) is 16.7 Å². The molecule has 0 aliphatic carbocycles. The van der Waals surface area contributed by atoms with Gasteiger partial charge < -0.3 is 15.6 Å². The topological polar surface area (TPSA) is 211 Å². The standard InChI is InChI=1S/C23H20N6O8S2/c1-12-6-18(19(35-2)10-17(12)27-26-14-4-3-5-25-11-14)28-29-22-20(38-37-36-31)7-13-8-21(39(32,33)34)16(24)9-15(13)23(22)30/h3-11,30-31H,24H2,1-2H3,(H,32,33,34). The van der Waals surface area contributed by atoms with Crippen LogP contribution in [-0.4, -0.2) is 35.4 Å². The molecule has 0 fully saturated rings. The number of aromatic nitrogens is 1. The molecule has 16 heteroatoms. The van der Waals surface area contributed by atoms with E-state index in [0.29, 0.717) is 34.7 Å². The first-order chi connectivity index (χ1) is 18.6. The molecule has 14 nitrogen and oxygen atoms in total. The highest BCUT2D eigenvalue weighted by molar-refractivity contribution is 7.94. The van der Waals surface area contributed by atoms with Gasteiger partial charge in [-0.2, -0.15) is 13.5 Å². The van der Waals surface area contributed by atoms with Gasteiger partial charge in [-0.25, -0.2) is 5.26 Å². The number of pyridine rings is 1. The molecule has 0 saturated heterocycles. The van der Waals surface area contributed by atoms with Crippen molar-refractivity contribution in [3.63, 3.8) is 0 Å². The van der Waals surface area contributed by atoms with Gasteiger partial charge in [0.1, 0.15) is 27.7 Å². The Morgan fingerprint density at radius 1 is 1.05 bits per heavy atom. The molecule has 0 radical (unpaired) electrons. The maximum Gasteiger partial charge on any atom is 0.296 e. The molecule has 0 amide bonds. The van der Waals surface area contributed by atoms with Crippen molar-refractivity contribution >= 4 is 61.4 Å².